The molecule has 83 heavy (non-hydrogen) atoms. The normalized spacial score (nSPS) is 18.9. The summed E-state index contributed by atoms with van der Waals surface area (Å²) in [4.78, 5) is 70.6. The highest BCUT2D eigenvalue weighted by molar-refractivity contribution is 7.93. The molecule has 6 aromatic rings. The third kappa shape index (κ3) is 12.3. The summed E-state index contributed by atoms with van der Waals surface area (Å²) in [6.45, 7) is 9.63. The Bertz CT molecular complexity index is 3740. The smallest absolute Gasteiger partial charge is 0.319 e. The number of carbonyl (C=O) groups excluding carboxylic acids is 4. The van der Waals surface area contributed by atoms with E-state index in [0.29, 0.717) is 129 Å². The van der Waals surface area contributed by atoms with Crippen LogP contribution < -0.4 is 42.5 Å². The molecule has 0 bridgehead atoms. The second-order valence-electron chi connectivity index (χ2n) is 21.1. The Morgan fingerprint density at radius 2 is 1.01 bits per heavy atom. The molecule has 0 radical (unpaired) electrons. The van der Waals surface area contributed by atoms with E-state index in [0.717, 1.165) is 12.8 Å². The Hall–Kier alpha value is -7.48. The predicted molar refractivity (Wildman–Crippen MR) is 314 cm³/mol. The zero-order chi connectivity index (χ0) is 59.0. The van der Waals surface area contributed by atoms with E-state index in [1.165, 1.54) is 36.4 Å². The summed E-state index contributed by atoms with van der Waals surface area (Å²) in [7, 11) is -8.02. The number of nitrogens with one attached hydrogen (secondary N) is 4. The number of morpholine rings is 2. The second-order valence-corrected chi connectivity index (χ2v) is 26.4. The maximum atomic E-state index is 14.1. The minimum atomic E-state index is -4.01. The van der Waals surface area contributed by atoms with Crippen LogP contribution in [0.3, 0.4) is 0 Å². The molecule has 2 saturated heterocycles. The van der Waals surface area contributed by atoms with Gasteiger partial charge in [-0.05, 0) is 144 Å². The lowest BCUT2D eigenvalue weighted by Gasteiger charge is -2.34. The van der Waals surface area contributed by atoms with Crippen LogP contribution in [0.2, 0.25) is 10.0 Å². The minimum absolute atomic E-state index is 0.0190. The highest BCUT2D eigenvalue weighted by Gasteiger charge is 2.60. The van der Waals surface area contributed by atoms with Crippen molar-refractivity contribution in [2.75, 3.05) is 66.5 Å². The van der Waals surface area contributed by atoms with Crippen LogP contribution in [0, 0.1) is 0 Å². The molecule has 4 heterocycles. The monoisotopic (exact) mass is 1210 g/mol. The third-order valence-corrected chi connectivity index (χ3v) is 21.2. The molecule has 0 unspecified atom stereocenters. The van der Waals surface area contributed by atoms with E-state index in [9.17, 15) is 36.0 Å². The van der Waals surface area contributed by atoms with Crippen LogP contribution in [-0.4, -0.2) is 125 Å². The number of sulfone groups is 2. The van der Waals surface area contributed by atoms with Crippen LogP contribution in [0.4, 0.5) is 32.6 Å². The molecule has 4 aromatic carbocycles. The van der Waals surface area contributed by atoms with Gasteiger partial charge >= 0.3 is 12.1 Å². The van der Waals surface area contributed by atoms with Crippen molar-refractivity contribution in [1.29, 1.82) is 0 Å². The lowest BCUT2D eigenvalue weighted by molar-refractivity contribution is 0.0985. The molecular formula is C57H62Cl2N12O10S2. The maximum absolute atomic E-state index is 14.1. The van der Waals surface area contributed by atoms with Gasteiger partial charge < -0.3 is 52.0 Å². The third-order valence-electron chi connectivity index (χ3n) is 15.2. The number of rotatable bonds is 16. The Labute approximate surface area is 490 Å². The molecule has 0 spiro atoms. The number of benzene rings is 4. The van der Waals surface area contributed by atoms with Gasteiger partial charge in [-0.15, -0.1) is 0 Å². The van der Waals surface area contributed by atoms with Gasteiger partial charge in [0.15, 0.2) is 31.3 Å². The maximum Gasteiger partial charge on any atom is 0.319 e. The fourth-order valence-corrected chi connectivity index (χ4v) is 15.0. The van der Waals surface area contributed by atoms with Crippen molar-refractivity contribution in [2.24, 2.45) is 11.5 Å². The summed E-state index contributed by atoms with van der Waals surface area (Å²) in [6.07, 6.45) is 3.41. The van der Waals surface area contributed by atoms with Crippen LogP contribution in [0.5, 0.6) is 0 Å². The lowest BCUT2D eigenvalue weighted by Crippen LogP contribution is -2.44. The zero-order valence-corrected chi connectivity index (χ0v) is 48.8. The summed E-state index contributed by atoms with van der Waals surface area (Å²) in [5, 5.41) is 11.0. The first-order valence-electron chi connectivity index (χ1n) is 27.1. The molecule has 436 valence electrons. The Morgan fingerprint density at radius 3 is 1.36 bits per heavy atom. The molecule has 26 heteroatoms. The van der Waals surface area contributed by atoms with E-state index in [2.05, 4.69) is 31.1 Å². The molecule has 3 saturated carbocycles. The standard InChI is InChI=1S/C29H31ClN6O5S.C28H31ClN6O5S/c1-17-16-41-13-12-36(17)25-15-24(29(10-11-29)42(39,40)23-9-4-19(26(31)37)14-22(23)30)34-27(35-25)18-2-5-20(6-3-18)32-28(38)33-21-7-8-21;1-3-31-27(37)32-20-7-4-18(5-8-20)26-33-23(15-24(34-26)35-12-13-40-16-17(35)2)28(10-11-28)41(38,39)22-9-6-19(25(30)36)14-21(22)29/h2-6,9,14-15,17,21H,7-8,10-13,16H2,1H3,(H2,31,37)(H2,32,33,38);4-9,14-15,17H,3,10-13,16H2,1-2H3,(H2,30,36)(H2,31,32,37)/t2*17-/m00/s1. The number of nitrogens with zero attached hydrogens (tertiary/aromatic N) is 6. The zero-order valence-electron chi connectivity index (χ0n) is 45.7. The van der Waals surface area contributed by atoms with Gasteiger partial charge in [-0.2, -0.15) is 0 Å². The summed E-state index contributed by atoms with van der Waals surface area (Å²) in [5.74, 6) is 0.532. The second kappa shape index (κ2) is 23.6. The highest BCUT2D eigenvalue weighted by Crippen LogP contribution is 2.57. The number of hydrogen-bond acceptors (Lipinski definition) is 16. The molecule has 5 aliphatic rings. The average Bonchev–Trinajstić information content (AvgIpc) is 1.85. The fourth-order valence-electron chi connectivity index (χ4n) is 10.1. The number of ether oxygens (including phenoxy) is 2. The number of anilines is 4. The van der Waals surface area contributed by atoms with Crippen molar-refractivity contribution in [3.63, 3.8) is 0 Å². The number of primary amides is 2. The van der Waals surface area contributed by atoms with Crippen LogP contribution in [-0.2, 0) is 38.6 Å². The molecule has 6 amide bonds. The van der Waals surface area contributed by atoms with E-state index in [4.69, 9.17) is 64.1 Å². The first-order valence-corrected chi connectivity index (χ1v) is 30.8. The van der Waals surface area contributed by atoms with Crippen LogP contribution >= 0.6 is 23.2 Å². The lowest BCUT2D eigenvalue weighted by atomic mass is 10.1. The molecule has 2 atom stereocenters. The van der Waals surface area contributed by atoms with Gasteiger partial charge in [-0.25, -0.2) is 46.4 Å². The number of nitrogens with two attached hydrogens (primary N) is 2. The Balaban J connectivity index is 0.000000185. The molecule has 11 rings (SSSR count). The van der Waals surface area contributed by atoms with Crippen molar-refractivity contribution >= 4 is 89.8 Å². The summed E-state index contributed by atoms with van der Waals surface area (Å²) in [6, 6.07) is 25.3. The number of aromatic nitrogens is 4. The number of halogens is 2. The number of hydrogen-bond donors (Lipinski definition) is 6. The van der Waals surface area contributed by atoms with E-state index in [1.54, 1.807) is 60.7 Å². The van der Waals surface area contributed by atoms with Crippen molar-refractivity contribution in [3.8, 4) is 22.8 Å². The van der Waals surface area contributed by atoms with Gasteiger partial charge in [-0.1, -0.05) is 23.2 Å². The molecule has 2 aliphatic heterocycles. The fraction of sp³-hybridized carbons (Fsp3) is 0.368. The van der Waals surface area contributed by atoms with Crippen molar-refractivity contribution < 1.29 is 45.5 Å². The molecule has 3 aliphatic carbocycles. The van der Waals surface area contributed by atoms with E-state index < -0.39 is 41.0 Å². The number of amides is 6. The van der Waals surface area contributed by atoms with Gasteiger partial charge in [0.25, 0.3) is 0 Å². The van der Waals surface area contributed by atoms with E-state index in [-0.39, 0.29) is 61.2 Å². The van der Waals surface area contributed by atoms with Crippen LogP contribution in [0.15, 0.2) is 107 Å². The SMILES string of the molecule is CCNC(=O)Nc1ccc(-c2nc(N3CCOC[C@@H]3C)cc(C3(S(=O)(=O)c4ccc(C(N)=O)cc4Cl)CC3)n2)cc1.C[C@H]1COCCN1c1cc(C2(S(=O)(=O)c3ccc(C(N)=O)cc3Cl)CC2)nc(-c2ccc(NC(=O)NC3CC3)cc2)n1. The summed E-state index contributed by atoms with van der Waals surface area (Å²) >= 11 is 12.8. The quantitative estimate of drug-likeness (QED) is 0.0543. The number of urea groups is 2. The molecule has 8 N–H and O–H groups in total. The van der Waals surface area contributed by atoms with E-state index in [1.807, 2.05) is 20.8 Å². The summed E-state index contributed by atoms with van der Waals surface area (Å²) < 4.78 is 65.0. The first-order chi connectivity index (χ1) is 39.6. The Kier molecular flexibility index (Phi) is 16.7. The Morgan fingerprint density at radius 1 is 0.602 bits per heavy atom. The van der Waals surface area contributed by atoms with E-state index >= 15 is 0 Å². The highest BCUT2D eigenvalue weighted by atomic mass is 35.5. The number of carbonyl (C=O) groups is 4. The average molecular weight is 1210 g/mol. The van der Waals surface area contributed by atoms with Crippen LogP contribution in [0.1, 0.15) is 91.4 Å². The first kappa shape index (κ1) is 58.7. The van der Waals surface area contributed by atoms with Crippen molar-refractivity contribution in [2.45, 2.75) is 96.7 Å². The molecule has 2 aromatic heterocycles. The van der Waals surface area contributed by atoms with Gasteiger partial charge in [0.1, 0.15) is 21.1 Å². The van der Waals surface area contributed by atoms with Crippen LogP contribution in [0.25, 0.3) is 22.8 Å². The van der Waals surface area contributed by atoms with Gasteiger partial charge in [-0.3, -0.25) is 9.59 Å². The molecular weight excluding hydrogens is 1150 g/mol. The summed E-state index contributed by atoms with van der Waals surface area (Å²) in [5.41, 5.74) is 14.2. The molecule has 22 nitrogen and oxygen atoms in total. The largest absolute Gasteiger partial charge is 0.377 e. The van der Waals surface area contributed by atoms with Crippen molar-refractivity contribution in [3.05, 3.63) is 130 Å². The van der Waals surface area contributed by atoms with Crippen molar-refractivity contribution in [1.82, 2.24) is 30.6 Å². The molecule has 5 fully saturated rings. The predicted octanol–water partition coefficient (Wildman–Crippen LogP) is 7.59. The van der Waals surface area contributed by atoms with Gasteiger partial charge in [0.05, 0.1) is 69.7 Å². The van der Waals surface area contributed by atoms with Gasteiger partial charge in [0, 0.05) is 71.4 Å². The topological polar surface area (TPSA) is 313 Å². The van der Waals surface area contributed by atoms with Gasteiger partial charge in [0.2, 0.25) is 11.8 Å². The minimum Gasteiger partial charge on any atom is -0.377 e.